The van der Waals surface area contributed by atoms with Crippen LogP contribution >= 0.6 is 12.0 Å². The summed E-state index contributed by atoms with van der Waals surface area (Å²) in [5.74, 6) is -1.28. The molecule has 0 unspecified atom stereocenters. The van der Waals surface area contributed by atoms with Gasteiger partial charge in [0.05, 0.1) is 0 Å². The maximum Gasteiger partial charge on any atom is 0.415 e. The second kappa shape index (κ2) is 7.44. The molecule has 2 aromatic carbocycles. The molecule has 0 saturated carbocycles. The number of halogens is 2. The summed E-state index contributed by atoms with van der Waals surface area (Å²) >= 11 is -0.718. The first kappa shape index (κ1) is 17.3. The van der Waals surface area contributed by atoms with Crippen molar-refractivity contribution in [3.63, 3.8) is 0 Å². The third-order valence-electron chi connectivity index (χ3n) is 2.79. The first-order chi connectivity index (χ1) is 10.9. The molecule has 0 spiro atoms. The number of alkyl halides is 2. The molecule has 0 heterocycles. The predicted octanol–water partition coefficient (Wildman–Crippen LogP) is 3.20. The van der Waals surface area contributed by atoms with Crippen molar-refractivity contribution in [2.45, 2.75) is 5.25 Å². The van der Waals surface area contributed by atoms with Crippen LogP contribution in [0.1, 0.15) is 0 Å². The van der Waals surface area contributed by atoms with E-state index in [1.165, 1.54) is 0 Å². The SMILES string of the molecule is O=C(OCCOc1ccc2c(O)cccc2c1)C(F)(F)SOO. The van der Waals surface area contributed by atoms with Gasteiger partial charge in [-0.2, -0.15) is 13.1 Å². The summed E-state index contributed by atoms with van der Waals surface area (Å²) < 4.78 is 38.6. The Kier molecular flexibility index (Phi) is 5.59. The van der Waals surface area contributed by atoms with E-state index in [1.807, 2.05) is 0 Å². The molecule has 0 saturated heterocycles. The normalized spacial score (nSPS) is 11.4. The van der Waals surface area contributed by atoms with Gasteiger partial charge in [0.15, 0.2) is 0 Å². The summed E-state index contributed by atoms with van der Waals surface area (Å²) in [5.41, 5.74) is 0. The largest absolute Gasteiger partial charge is 0.507 e. The lowest BCUT2D eigenvalue weighted by Crippen LogP contribution is -2.28. The summed E-state index contributed by atoms with van der Waals surface area (Å²) in [4.78, 5) is 11.0. The van der Waals surface area contributed by atoms with E-state index in [2.05, 4.69) is 9.07 Å². The van der Waals surface area contributed by atoms with Crippen LogP contribution in [-0.4, -0.2) is 34.8 Å². The number of fused-ring (bicyclic) bond motifs is 1. The lowest BCUT2D eigenvalue weighted by Gasteiger charge is -2.12. The van der Waals surface area contributed by atoms with E-state index < -0.39 is 29.9 Å². The van der Waals surface area contributed by atoms with Gasteiger partial charge in [-0.05, 0) is 29.7 Å². The van der Waals surface area contributed by atoms with E-state index in [0.717, 1.165) is 5.39 Å². The van der Waals surface area contributed by atoms with E-state index in [4.69, 9.17) is 9.99 Å². The molecule has 0 aliphatic heterocycles. The van der Waals surface area contributed by atoms with Crippen LogP contribution in [0.4, 0.5) is 8.78 Å². The second-order valence-corrected chi connectivity index (χ2v) is 5.15. The lowest BCUT2D eigenvalue weighted by molar-refractivity contribution is -0.165. The first-order valence-corrected chi connectivity index (χ1v) is 7.07. The number of carbonyl (C=O) groups is 1. The number of esters is 1. The van der Waals surface area contributed by atoms with E-state index in [9.17, 15) is 18.7 Å². The minimum absolute atomic E-state index is 0.133. The van der Waals surface area contributed by atoms with E-state index in [-0.39, 0.29) is 12.4 Å². The zero-order chi connectivity index (χ0) is 16.9. The quantitative estimate of drug-likeness (QED) is 0.262. The van der Waals surface area contributed by atoms with Crippen LogP contribution in [0.3, 0.4) is 0 Å². The van der Waals surface area contributed by atoms with Crippen molar-refractivity contribution in [3.8, 4) is 11.5 Å². The number of carbonyl (C=O) groups excluding carboxylic acids is 1. The average molecular weight is 346 g/mol. The van der Waals surface area contributed by atoms with Crippen LogP contribution in [-0.2, 0) is 13.9 Å². The summed E-state index contributed by atoms with van der Waals surface area (Å²) in [6, 6.07) is 9.89. The van der Waals surface area contributed by atoms with Crippen LogP contribution in [0.5, 0.6) is 11.5 Å². The summed E-state index contributed by atoms with van der Waals surface area (Å²) in [6.45, 7) is -0.546. The molecule has 6 nitrogen and oxygen atoms in total. The minimum atomic E-state index is -4.00. The Morgan fingerprint density at radius 2 is 2.00 bits per heavy atom. The molecule has 0 aliphatic rings. The van der Waals surface area contributed by atoms with E-state index >= 15 is 0 Å². The Balaban J connectivity index is 1.86. The molecule has 9 heteroatoms. The molecular formula is C14H12F2O6S. The molecule has 0 amide bonds. The maximum atomic E-state index is 12.9. The summed E-state index contributed by atoms with van der Waals surface area (Å²) in [6.07, 6.45) is 0. The second-order valence-electron chi connectivity index (χ2n) is 4.32. The monoisotopic (exact) mass is 346 g/mol. The fourth-order valence-electron chi connectivity index (χ4n) is 1.79. The van der Waals surface area contributed by atoms with Gasteiger partial charge in [-0.25, -0.2) is 10.1 Å². The lowest BCUT2D eigenvalue weighted by atomic mass is 10.1. The molecule has 124 valence electrons. The highest BCUT2D eigenvalue weighted by atomic mass is 32.2. The van der Waals surface area contributed by atoms with Gasteiger partial charge in [-0.1, -0.05) is 12.1 Å². The van der Waals surface area contributed by atoms with E-state index in [0.29, 0.717) is 11.1 Å². The molecule has 2 rings (SSSR count). The van der Waals surface area contributed by atoms with Gasteiger partial charge in [0, 0.05) is 5.39 Å². The first-order valence-electron chi connectivity index (χ1n) is 6.33. The standard InChI is InChI=1S/C14H12F2O6S/c15-14(16,23-22-19)13(18)21-7-6-20-10-4-5-11-9(8-10)2-1-3-12(11)17/h1-5,8,17,19H,6-7H2. The van der Waals surface area contributed by atoms with Crippen molar-refractivity contribution in [1.82, 2.24) is 0 Å². The number of phenolic OH excluding ortho intramolecular Hbond substituents is 1. The average Bonchev–Trinajstić information content (AvgIpc) is 2.51. The van der Waals surface area contributed by atoms with Gasteiger partial charge in [0.25, 0.3) is 0 Å². The molecule has 0 aromatic heterocycles. The molecule has 0 atom stereocenters. The molecule has 2 N–H and O–H groups in total. The summed E-state index contributed by atoms with van der Waals surface area (Å²) in [7, 11) is 0. The van der Waals surface area contributed by atoms with Gasteiger partial charge in [0.2, 0.25) is 0 Å². The van der Waals surface area contributed by atoms with Crippen molar-refractivity contribution in [2.24, 2.45) is 0 Å². The number of rotatable bonds is 7. The Morgan fingerprint density at radius 1 is 1.22 bits per heavy atom. The van der Waals surface area contributed by atoms with Crippen molar-refractivity contribution < 1.29 is 37.7 Å². The van der Waals surface area contributed by atoms with Crippen molar-refractivity contribution in [1.29, 1.82) is 0 Å². The molecule has 23 heavy (non-hydrogen) atoms. The van der Waals surface area contributed by atoms with Crippen LogP contribution in [0.2, 0.25) is 0 Å². The van der Waals surface area contributed by atoms with Crippen molar-refractivity contribution in [2.75, 3.05) is 13.2 Å². The Hall–Kier alpha value is -2.10. The highest BCUT2D eigenvalue weighted by molar-refractivity contribution is 7.96. The van der Waals surface area contributed by atoms with Gasteiger partial charge in [0.1, 0.15) is 36.8 Å². The fraction of sp³-hybridized carbons (Fsp3) is 0.214. The fourth-order valence-corrected chi connectivity index (χ4v) is 2.01. The van der Waals surface area contributed by atoms with Crippen LogP contribution in [0, 0.1) is 0 Å². The Labute approximate surface area is 133 Å². The molecule has 0 radical (unpaired) electrons. The third-order valence-corrected chi connectivity index (χ3v) is 3.24. The zero-order valence-electron chi connectivity index (χ0n) is 11.6. The minimum Gasteiger partial charge on any atom is -0.507 e. The van der Waals surface area contributed by atoms with Gasteiger partial charge >= 0.3 is 11.2 Å². The van der Waals surface area contributed by atoms with Gasteiger partial charge in [-0.3, -0.25) is 0 Å². The molecule has 0 bridgehead atoms. The number of hydrogen-bond acceptors (Lipinski definition) is 7. The number of hydrogen-bond donors (Lipinski definition) is 2. The number of phenols is 1. The van der Waals surface area contributed by atoms with Gasteiger partial charge < -0.3 is 14.6 Å². The summed E-state index contributed by atoms with van der Waals surface area (Å²) in [5, 5.41) is 14.9. The molecular weight excluding hydrogens is 334 g/mol. The molecule has 2 aromatic rings. The number of ether oxygens (including phenoxy) is 2. The van der Waals surface area contributed by atoms with Gasteiger partial charge in [-0.15, -0.1) is 0 Å². The number of aromatic hydroxyl groups is 1. The zero-order valence-corrected chi connectivity index (χ0v) is 12.4. The highest BCUT2D eigenvalue weighted by Crippen LogP contribution is 2.30. The molecule has 0 aliphatic carbocycles. The number of benzene rings is 2. The van der Waals surface area contributed by atoms with Crippen LogP contribution < -0.4 is 4.74 Å². The third kappa shape index (κ3) is 4.44. The van der Waals surface area contributed by atoms with E-state index in [1.54, 1.807) is 36.4 Å². The smallest absolute Gasteiger partial charge is 0.415 e. The predicted molar refractivity (Wildman–Crippen MR) is 78.3 cm³/mol. The van der Waals surface area contributed by atoms with Crippen molar-refractivity contribution >= 4 is 28.8 Å². The maximum absolute atomic E-state index is 12.9. The Bertz CT molecular complexity index is 694. The van der Waals surface area contributed by atoms with Crippen LogP contribution in [0.15, 0.2) is 36.4 Å². The van der Waals surface area contributed by atoms with Crippen LogP contribution in [0.25, 0.3) is 10.8 Å². The highest BCUT2D eigenvalue weighted by Gasteiger charge is 2.43. The molecule has 0 fully saturated rings. The Morgan fingerprint density at radius 3 is 2.74 bits per heavy atom. The topological polar surface area (TPSA) is 85.2 Å². The van der Waals surface area contributed by atoms with Crippen molar-refractivity contribution in [3.05, 3.63) is 36.4 Å².